The van der Waals surface area contributed by atoms with Gasteiger partial charge < -0.3 is 15.4 Å². The summed E-state index contributed by atoms with van der Waals surface area (Å²) in [5, 5.41) is 5.35. The highest BCUT2D eigenvalue weighted by atomic mass is 35.5. The molecule has 1 saturated heterocycles. The molecule has 2 amide bonds. The second kappa shape index (κ2) is 8.25. The Kier molecular flexibility index (Phi) is 5.68. The molecule has 0 aliphatic carbocycles. The molecular weight excluding hydrogens is 430 g/mol. The van der Waals surface area contributed by atoms with E-state index in [1.165, 1.54) is 16.4 Å². The van der Waals surface area contributed by atoms with E-state index in [4.69, 9.17) is 16.3 Å². The van der Waals surface area contributed by atoms with E-state index < -0.39 is 16.1 Å². The van der Waals surface area contributed by atoms with Crippen molar-refractivity contribution in [2.24, 2.45) is 0 Å². The molecule has 2 aromatic rings. The first-order chi connectivity index (χ1) is 14.4. The third-order valence-electron chi connectivity index (χ3n) is 5.07. The van der Waals surface area contributed by atoms with Crippen LogP contribution >= 0.6 is 11.6 Å². The highest BCUT2D eigenvalue weighted by molar-refractivity contribution is 7.89. The average molecular weight is 450 g/mol. The summed E-state index contributed by atoms with van der Waals surface area (Å²) in [6, 6.07) is 11.2. The molecule has 0 saturated carbocycles. The number of nitrogens with zero attached hydrogens (tertiary/aromatic N) is 1. The van der Waals surface area contributed by atoms with Crippen molar-refractivity contribution in [3.8, 4) is 5.75 Å². The molecule has 0 aromatic heterocycles. The molecule has 1 atom stereocenters. The van der Waals surface area contributed by atoms with Crippen molar-refractivity contribution in [3.05, 3.63) is 53.1 Å². The number of sulfonamides is 1. The summed E-state index contributed by atoms with van der Waals surface area (Å²) < 4.78 is 33.1. The second-order valence-corrected chi connectivity index (χ2v) is 9.36. The van der Waals surface area contributed by atoms with Gasteiger partial charge in [-0.05, 0) is 24.5 Å². The third-order valence-corrected chi connectivity index (χ3v) is 7.44. The normalized spacial score (nSPS) is 19.0. The maximum Gasteiger partial charge on any atom is 0.262 e. The highest BCUT2D eigenvalue weighted by Gasteiger charge is 2.40. The Morgan fingerprint density at radius 1 is 1.27 bits per heavy atom. The molecule has 1 fully saturated rings. The number of hydrogen-bond donors (Lipinski definition) is 2. The Morgan fingerprint density at radius 2 is 2.03 bits per heavy atom. The van der Waals surface area contributed by atoms with Gasteiger partial charge in [-0.15, -0.1) is 0 Å². The van der Waals surface area contributed by atoms with Crippen LogP contribution in [0.25, 0.3) is 0 Å². The molecule has 0 spiro atoms. The van der Waals surface area contributed by atoms with Gasteiger partial charge in [0.05, 0.1) is 10.7 Å². The number of hydrogen-bond acceptors (Lipinski definition) is 5. The molecule has 2 aliphatic heterocycles. The number of amides is 2. The van der Waals surface area contributed by atoms with Crippen LogP contribution in [-0.4, -0.2) is 43.7 Å². The van der Waals surface area contributed by atoms with E-state index in [-0.39, 0.29) is 40.6 Å². The summed E-state index contributed by atoms with van der Waals surface area (Å²) in [5.74, 6) is -0.469. The van der Waals surface area contributed by atoms with E-state index in [1.807, 2.05) is 30.3 Å². The first-order valence-corrected chi connectivity index (χ1v) is 11.3. The highest BCUT2D eigenvalue weighted by Crippen LogP contribution is 2.38. The van der Waals surface area contributed by atoms with E-state index in [9.17, 15) is 18.0 Å². The third kappa shape index (κ3) is 4.00. The zero-order valence-corrected chi connectivity index (χ0v) is 17.5. The smallest absolute Gasteiger partial charge is 0.262 e. The zero-order chi connectivity index (χ0) is 21.3. The molecular formula is C20H20ClN3O5S. The molecule has 0 radical (unpaired) electrons. The Balaban J connectivity index is 1.56. The van der Waals surface area contributed by atoms with Crippen molar-refractivity contribution in [1.29, 1.82) is 0 Å². The molecule has 30 heavy (non-hydrogen) atoms. The van der Waals surface area contributed by atoms with Crippen LogP contribution in [0.4, 0.5) is 5.69 Å². The number of fused-ring (bicyclic) bond motifs is 1. The predicted octanol–water partition coefficient (Wildman–Crippen LogP) is 2.14. The SMILES string of the molecule is O=C1COc2cc(S(=O)(=O)N3CCC[C@H]3C(=O)NCc3ccccc3)c(Cl)cc2N1. The van der Waals surface area contributed by atoms with Gasteiger partial charge in [-0.2, -0.15) is 4.31 Å². The summed E-state index contributed by atoms with van der Waals surface area (Å²) in [7, 11) is -4.05. The van der Waals surface area contributed by atoms with Gasteiger partial charge in [-0.3, -0.25) is 9.59 Å². The first-order valence-electron chi connectivity index (χ1n) is 9.46. The summed E-state index contributed by atoms with van der Waals surface area (Å²) in [6.07, 6.45) is 0.993. The standard InChI is InChI=1S/C20H20ClN3O5S/c21-14-9-15-17(29-12-19(25)23-15)10-18(14)30(27,28)24-8-4-7-16(24)20(26)22-11-13-5-2-1-3-6-13/h1-3,5-6,9-10,16H,4,7-8,11-12H2,(H,22,26)(H,23,25)/t16-/m0/s1. The van der Waals surface area contributed by atoms with E-state index in [0.29, 0.717) is 25.1 Å². The van der Waals surface area contributed by atoms with Crippen LogP contribution in [0.15, 0.2) is 47.4 Å². The van der Waals surface area contributed by atoms with Gasteiger partial charge in [-0.1, -0.05) is 41.9 Å². The topological polar surface area (TPSA) is 105 Å². The Hall–Kier alpha value is -2.62. The van der Waals surface area contributed by atoms with Crippen LogP contribution in [0, 0.1) is 0 Å². The number of carbonyl (C=O) groups is 2. The van der Waals surface area contributed by atoms with Crippen molar-refractivity contribution in [1.82, 2.24) is 9.62 Å². The van der Waals surface area contributed by atoms with Crippen molar-refractivity contribution in [3.63, 3.8) is 0 Å². The van der Waals surface area contributed by atoms with Crippen LogP contribution in [0.2, 0.25) is 5.02 Å². The van der Waals surface area contributed by atoms with Gasteiger partial charge in [0.1, 0.15) is 16.7 Å². The number of anilines is 1. The molecule has 10 heteroatoms. The molecule has 2 N–H and O–H groups in total. The molecule has 158 valence electrons. The van der Waals surface area contributed by atoms with Crippen molar-refractivity contribution in [2.75, 3.05) is 18.5 Å². The lowest BCUT2D eigenvalue weighted by molar-refractivity contribution is -0.124. The van der Waals surface area contributed by atoms with Gasteiger partial charge in [-0.25, -0.2) is 8.42 Å². The van der Waals surface area contributed by atoms with Crippen LogP contribution in [0.5, 0.6) is 5.75 Å². The van der Waals surface area contributed by atoms with E-state index in [2.05, 4.69) is 10.6 Å². The summed E-state index contributed by atoms with van der Waals surface area (Å²) in [5.41, 5.74) is 1.24. The monoisotopic (exact) mass is 449 g/mol. The molecule has 0 bridgehead atoms. The molecule has 8 nitrogen and oxygen atoms in total. The minimum atomic E-state index is -4.05. The van der Waals surface area contributed by atoms with Crippen molar-refractivity contribution < 1.29 is 22.7 Å². The summed E-state index contributed by atoms with van der Waals surface area (Å²) >= 11 is 6.23. The molecule has 2 aromatic carbocycles. The van der Waals surface area contributed by atoms with Gasteiger partial charge in [0.25, 0.3) is 5.91 Å². The van der Waals surface area contributed by atoms with Gasteiger partial charge in [0, 0.05) is 19.2 Å². The van der Waals surface area contributed by atoms with Gasteiger partial charge in [0.2, 0.25) is 15.9 Å². The largest absolute Gasteiger partial charge is 0.482 e. The number of halogens is 1. The molecule has 2 aliphatic rings. The van der Waals surface area contributed by atoms with E-state index in [0.717, 1.165) is 5.56 Å². The van der Waals surface area contributed by atoms with Gasteiger partial charge >= 0.3 is 0 Å². The Labute approximate surface area is 179 Å². The molecule has 2 heterocycles. The second-order valence-electron chi connectivity index (χ2n) is 7.09. The predicted molar refractivity (Wildman–Crippen MR) is 111 cm³/mol. The quantitative estimate of drug-likeness (QED) is 0.727. The fourth-order valence-corrected chi connectivity index (χ4v) is 5.77. The van der Waals surface area contributed by atoms with Crippen LogP contribution in [0.3, 0.4) is 0 Å². The zero-order valence-electron chi connectivity index (χ0n) is 15.9. The van der Waals surface area contributed by atoms with Crippen molar-refractivity contribution in [2.45, 2.75) is 30.3 Å². The Bertz CT molecular complexity index is 1090. The minimum Gasteiger partial charge on any atom is -0.482 e. The number of rotatable bonds is 5. The lowest BCUT2D eigenvalue weighted by atomic mass is 10.2. The van der Waals surface area contributed by atoms with Crippen LogP contribution in [-0.2, 0) is 26.2 Å². The maximum absolute atomic E-state index is 13.3. The first kappa shape index (κ1) is 20.6. The minimum absolute atomic E-state index is 0.0464. The number of ether oxygens (including phenoxy) is 1. The van der Waals surface area contributed by atoms with E-state index in [1.54, 1.807) is 0 Å². The number of nitrogens with one attached hydrogen (secondary N) is 2. The summed E-state index contributed by atoms with van der Waals surface area (Å²) in [4.78, 5) is 24.0. The van der Waals surface area contributed by atoms with Crippen molar-refractivity contribution >= 4 is 39.1 Å². The fraction of sp³-hybridized carbons (Fsp3) is 0.300. The van der Waals surface area contributed by atoms with Crippen LogP contribution in [0.1, 0.15) is 18.4 Å². The van der Waals surface area contributed by atoms with Gasteiger partial charge in [0.15, 0.2) is 6.61 Å². The number of carbonyl (C=O) groups excluding carboxylic acids is 2. The fourth-order valence-electron chi connectivity index (χ4n) is 3.60. The average Bonchev–Trinajstić information content (AvgIpc) is 3.23. The maximum atomic E-state index is 13.3. The van der Waals surface area contributed by atoms with E-state index >= 15 is 0 Å². The lowest BCUT2D eigenvalue weighted by Gasteiger charge is -2.25. The molecule has 0 unspecified atom stereocenters. The van der Waals surface area contributed by atoms with Crippen LogP contribution < -0.4 is 15.4 Å². The lowest BCUT2D eigenvalue weighted by Crippen LogP contribution is -2.45. The number of benzene rings is 2. The molecule has 4 rings (SSSR count). The Morgan fingerprint density at radius 3 is 2.80 bits per heavy atom. The summed E-state index contributed by atoms with van der Waals surface area (Å²) in [6.45, 7) is 0.330.